The Hall–Kier alpha value is -3.18. The highest BCUT2D eigenvalue weighted by Gasteiger charge is 2.37. The van der Waals surface area contributed by atoms with Gasteiger partial charge in [-0.05, 0) is 47.5 Å². The number of rotatable bonds is 5. The lowest BCUT2D eigenvalue weighted by Crippen LogP contribution is -2.45. The summed E-state index contributed by atoms with van der Waals surface area (Å²) in [4.78, 5) is 15.6. The molecule has 0 spiro atoms. The van der Waals surface area contributed by atoms with Gasteiger partial charge < -0.3 is 14.2 Å². The third-order valence-electron chi connectivity index (χ3n) is 4.83. The number of carbonyl (C=O) groups excluding carboxylic acids is 1. The average Bonchev–Trinajstić information content (AvgIpc) is 3.37. The number of aromatic nitrogens is 5. The van der Waals surface area contributed by atoms with Crippen molar-refractivity contribution >= 4 is 17.4 Å². The second-order valence-corrected chi connectivity index (χ2v) is 6.87. The van der Waals surface area contributed by atoms with E-state index in [1.165, 1.54) is 10.9 Å². The van der Waals surface area contributed by atoms with Crippen molar-refractivity contribution in [1.29, 1.82) is 0 Å². The molecule has 3 aromatic heterocycles. The van der Waals surface area contributed by atoms with Crippen LogP contribution in [0.5, 0.6) is 0 Å². The van der Waals surface area contributed by atoms with Crippen molar-refractivity contribution in [2.24, 2.45) is 5.92 Å². The molecule has 1 fully saturated rings. The quantitative estimate of drug-likeness (QED) is 0.636. The normalized spacial score (nSPS) is 15.8. The molecule has 1 amide bonds. The highest BCUT2D eigenvalue weighted by atomic mass is 19.4. The van der Waals surface area contributed by atoms with Crippen molar-refractivity contribution in [1.82, 2.24) is 30.2 Å². The molecule has 0 atom stereocenters. The van der Waals surface area contributed by atoms with Crippen LogP contribution in [0.3, 0.4) is 0 Å². The largest absolute Gasteiger partial charge is 0.467 e. The molecule has 1 aliphatic heterocycles. The molecule has 9 nitrogen and oxygen atoms in total. The van der Waals surface area contributed by atoms with Crippen molar-refractivity contribution < 1.29 is 22.4 Å². The van der Waals surface area contributed by atoms with Gasteiger partial charge in [0.1, 0.15) is 12.3 Å². The van der Waals surface area contributed by atoms with Gasteiger partial charge in [0.25, 0.3) is 0 Å². The number of alkyl halides is 3. The summed E-state index contributed by atoms with van der Waals surface area (Å²) in [7, 11) is 0. The van der Waals surface area contributed by atoms with Crippen molar-refractivity contribution in [2.45, 2.75) is 25.6 Å². The Bertz CT molecular complexity index is 965. The van der Waals surface area contributed by atoms with Crippen LogP contribution in [0.25, 0.3) is 5.65 Å². The second kappa shape index (κ2) is 7.68. The van der Waals surface area contributed by atoms with Gasteiger partial charge >= 0.3 is 6.18 Å². The van der Waals surface area contributed by atoms with E-state index in [2.05, 4.69) is 20.6 Å². The summed E-state index contributed by atoms with van der Waals surface area (Å²) >= 11 is 0. The Kier molecular flexibility index (Phi) is 5.07. The molecule has 154 valence electrons. The lowest BCUT2D eigenvalue weighted by Gasteiger charge is -2.34. The van der Waals surface area contributed by atoms with Gasteiger partial charge in [-0.1, -0.05) is 0 Å². The Morgan fingerprint density at radius 1 is 1.24 bits per heavy atom. The number of nitrogens with zero attached hydrogens (tertiary/aromatic N) is 7. The first-order chi connectivity index (χ1) is 13.9. The van der Waals surface area contributed by atoms with Crippen LogP contribution < -0.4 is 4.90 Å². The number of amides is 1. The maximum atomic E-state index is 13.0. The zero-order chi connectivity index (χ0) is 20.4. The predicted octanol–water partition coefficient (Wildman–Crippen LogP) is 1.92. The minimum atomic E-state index is -4.48. The Balaban J connectivity index is 1.41. The fourth-order valence-corrected chi connectivity index (χ4v) is 3.44. The number of tetrazole rings is 1. The molecular formula is C17H18F3N7O2. The van der Waals surface area contributed by atoms with E-state index in [-0.39, 0.29) is 6.54 Å². The van der Waals surface area contributed by atoms with Crippen LogP contribution in [0.1, 0.15) is 18.6 Å². The Morgan fingerprint density at radius 3 is 2.72 bits per heavy atom. The van der Waals surface area contributed by atoms with E-state index >= 15 is 0 Å². The van der Waals surface area contributed by atoms with E-state index in [0.717, 1.165) is 4.90 Å². The topological polar surface area (TPSA) is 92.7 Å². The number of hydrogen-bond acceptors (Lipinski definition) is 7. The summed E-state index contributed by atoms with van der Waals surface area (Å²) < 4.78 is 45.4. The maximum Gasteiger partial charge on any atom is 0.406 e. The van der Waals surface area contributed by atoms with Gasteiger partial charge in [-0.25, -0.2) is 0 Å². The minimum Gasteiger partial charge on any atom is -0.467 e. The van der Waals surface area contributed by atoms with Gasteiger partial charge in [-0.15, -0.1) is 14.8 Å². The molecule has 0 aromatic carbocycles. The minimum absolute atomic E-state index is 0.205. The predicted molar refractivity (Wildman–Crippen MR) is 93.7 cm³/mol. The summed E-state index contributed by atoms with van der Waals surface area (Å²) in [5, 5.41) is 15.4. The lowest BCUT2D eigenvalue weighted by atomic mass is 9.95. The van der Waals surface area contributed by atoms with Crippen LogP contribution in [-0.2, 0) is 11.3 Å². The third-order valence-corrected chi connectivity index (χ3v) is 4.83. The van der Waals surface area contributed by atoms with Crippen LogP contribution in [0.2, 0.25) is 0 Å². The van der Waals surface area contributed by atoms with Crippen LogP contribution in [0.4, 0.5) is 19.0 Å². The highest BCUT2D eigenvalue weighted by Crippen LogP contribution is 2.26. The Labute approximate surface area is 163 Å². The van der Waals surface area contributed by atoms with E-state index in [1.807, 2.05) is 4.90 Å². The zero-order valence-corrected chi connectivity index (χ0v) is 15.3. The van der Waals surface area contributed by atoms with Crippen LogP contribution in [0, 0.1) is 5.92 Å². The number of fused-ring (bicyclic) bond motifs is 1. The molecule has 29 heavy (non-hydrogen) atoms. The number of furan rings is 1. The summed E-state index contributed by atoms with van der Waals surface area (Å²) in [6.45, 7) is -0.511. The second-order valence-electron chi connectivity index (χ2n) is 6.87. The van der Waals surface area contributed by atoms with Crippen LogP contribution in [-0.4, -0.2) is 61.9 Å². The van der Waals surface area contributed by atoms with E-state index in [0.29, 0.717) is 43.2 Å². The SMILES string of the molecule is O=C(C1CCN(c2ccc3nnnn3n2)CC1)N(Cc1ccco1)CC(F)(F)F. The van der Waals surface area contributed by atoms with Crippen molar-refractivity contribution in [3.8, 4) is 0 Å². The average molecular weight is 409 g/mol. The Morgan fingerprint density at radius 2 is 2.03 bits per heavy atom. The molecular weight excluding hydrogens is 391 g/mol. The van der Waals surface area contributed by atoms with Crippen LogP contribution >= 0.6 is 0 Å². The fourth-order valence-electron chi connectivity index (χ4n) is 3.44. The van der Waals surface area contributed by atoms with E-state index in [4.69, 9.17) is 4.42 Å². The third kappa shape index (κ3) is 4.46. The first-order valence-electron chi connectivity index (χ1n) is 9.07. The molecule has 0 N–H and O–H groups in total. The van der Waals surface area contributed by atoms with Crippen molar-refractivity contribution in [2.75, 3.05) is 24.5 Å². The lowest BCUT2D eigenvalue weighted by molar-refractivity contribution is -0.165. The first-order valence-corrected chi connectivity index (χ1v) is 9.07. The zero-order valence-electron chi connectivity index (χ0n) is 15.3. The van der Waals surface area contributed by atoms with Gasteiger partial charge in [0.15, 0.2) is 11.5 Å². The van der Waals surface area contributed by atoms with Gasteiger partial charge in [0.05, 0.1) is 12.8 Å². The summed E-state index contributed by atoms with van der Waals surface area (Å²) in [6, 6.07) is 6.65. The molecule has 1 saturated heterocycles. The van der Waals surface area contributed by atoms with Crippen molar-refractivity contribution in [3.05, 3.63) is 36.3 Å². The smallest absolute Gasteiger partial charge is 0.406 e. The highest BCUT2D eigenvalue weighted by molar-refractivity contribution is 5.79. The van der Waals surface area contributed by atoms with E-state index < -0.39 is 24.5 Å². The van der Waals surface area contributed by atoms with Gasteiger partial charge in [-0.2, -0.15) is 13.2 Å². The number of carbonyl (C=O) groups is 1. The standard InChI is InChI=1S/C17H18F3N7O2/c18-17(19,20)11-26(10-13-2-1-9-29-13)16(28)12-5-7-25(8-6-12)15-4-3-14-21-23-24-27(14)22-15/h1-4,9,12H,5-8,10-11H2. The molecule has 3 aromatic rings. The van der Waals surface area contributed by atoms with E-state index in [1.54, 1.807) is 24.3 Å². The first kappa shape index (κ1) is 19.2. The number of piperidine rings is 1. The molecule has 1 aliphatic rings. The number of halogens is 3. The molecule has 12 heteroatoms. The van der Waals surface area contributed by atoms with Gasteiger partial charge in [0.2, 0.25) is 5.91 Å². The number of hydrogen-bond donors (Lipinski definition) is 0. The molecule has 0 aliphatic carbocycles. The molecule has 0 unspecified atom stereocenters. The molecule has 4 heterocycles. The van der Waals surface area contributed by atoms with Crippen molar-refractivity contribution in [3.63, 3.8) is 0 Å². The molecule has 0 bridgehead atoms. The van der Waals surface area contributed by atoms with Gasteiger partial charge in [0, 0.05) is 19.0 Å². The van der Waals surface area contributed by atoms with Gasteiger partial charge in [-0.3, -0.25) is 4.79 Å². The summed E-state index contributed by atoms with van der Waals surface area (Å²) in [5.41, 5.74) is 0.513. The summed E-state index contributed by atoms with van der Waals surface area (Å²) in [5.74, 6) is -0.0278. The fraction of sp³-hybridized carbons (Fsp3) is 0.471. The molecule has 0 radical (unpaired) electrons. The molecule has 0 saturated carbocycles. The number of anilines is 1. The summed E-state index contributed by atoms with van der Waals surface area (Å²) in [6.07, 6.45) is -2.24. The monoisotopic (exact) mass is 409 g/mol. The van der Waals surface area contributed by atoms with Crippen LogP contribution in [0.15, 0.2) is 34.9 Å². The molecule has 4 rings (SSSR count). The van der Waals surface area contributed by atoms with E-state index in [9.17, 15) is 18.0 Å². The maximum absolute atomic E-state index is 13.0.